The van der Waals surface area contributed by atoms with E-state index in [1.165, 1.54) is 18.9 Å². The fraction of sp³-hybridized carbons (Fsp3) is 0.389. The number of aryl methyl sites for hydroxylation is 1. The van der Waals surface area contributed by atoms with E-state index < -0.39 is 5.97 Å². The number of hydrogen-bond acceptors (Lipinski definition) is 5. The van der Waals surface area contributed by atoms with E-state index in [1.807, 2.05) is 0 Å². The topological polar surface area (TPSA) is 68.3 Å². The molecule has 0 aliphatic rings. The van der Waals surface area contributed by atoms with E-state index in [9.17, 15) is 9.59 Å². The van der Waals surface area contributed by atoms with E-state index in [2.05, 4.69) is 60.1 Å². The molecule has 0 aliphatic heterocycles. The average Bonchev–Trinajstić information content (AvgIpc) is 3.00. The van der Waals surface area contributed by atoms with Crippen molar-refractivity contribution in [2.75, 3.05) is 12.4 Å². The summed E-state index contributed by atoms with van der Waals surface area (Å²) >= 11 is 1.10. The molecule has 0 unspecified atom stereocenters. The third-order valence-electron chi connectivity index (χ3n) is 3.60. The summed E-state index contributed by atoms with van der Waals surface area (Å²) in [7, 11) is 1.31. The summed E-state index contributed by atoms with van der Waals surface area (Å²) in [6.45, 7) is 6.52. The van der Waals surface area contributed by atoms with Gasteiger partial charge in [0.1, 0.15) is 4.88 Å². The highest BCUT2D eigenvalue weighted by molar-refractivity contribution is 7.17. The molecule has 1 amide bonds. The number of hydrogen-bond donors (Lipinski definition) is 1. The summed E-state index contributed by atoms with van der Waals surface area (Å²) < 4.78 is 4.61. The quantitative estimate of drug-likeness (QED) is 0.836. The van der Waals surface area contributed by atoms with Crippen LogP contribution in [0.5, 0.6) is 0 Å². The Kier molecular flexibility index (Phi) is 5.72. The van der Waals surface area contributed by atoms with Crippen LogP contribution in [-0.4, -0.2) is 24.0 Å². The van der Waals surface area contributed by atoms with Crippen LogP contribution in [0.2, 0.25) is 0 Å². The molecule has 128 valence electrons. The number of ether oxygens (including phenoxy) is 1. The van der Waals surface area contributed by atoms with Gasteiger partial charge in [-0.2, -0.15) is 0 Å². The second-order valence-electron chi connectivity index (χ2n) is 6.52. The van der Waals surface area contributed by atoms with Crippen molar-refractivity contribution in [2.45, 2.75) is 39.0 Å². The first-order valence-electron chi connectivity index (χ1n) is 7.73. The third-order valence-corrected chi connectivity index (χ3v) is 4.49. The van der Waals surface area contributed by atoms with Gasteiger partial charge in [-0.05, 0) is 23.0 Å². The second-order valence-corrected chi connectivity index (χ2v) is 7.55. The predicted molar refractivity (Wildman–Crippen MR) is 95.5 cm³/mol. The molecule has 0 saturated carbocycles. The lowest BCUT2D eigenvalue weighted by Gasteiger charge is -2.19. The first-order valence-corrected chi connectivity index (χ1v) is 8.54. The Bertz CT molecular complexity index is 715. The summed E-state index contributed by atoms with van der Waals surface area (Å²) in [5.74, 6) is -0.576. The number of anilines is 1. The lowest BCUT2D eigenvalue weighted by molar-refractivity contribution is -0.116. The Balaban J connectivity index is 1.87. The first-order chi connectivity index (χ1) is 11.3. The van der Waals surface area contributed by atoms with E-state index in [-0.39, 0.29) is 11.3 Å². The molecule has 0 aliphatic carbocycles. The van der Waals surface area contributed by atoms with Crippen molar-refractivity contribution in [3.05, 3.63) is 46.5 Å². The van der Waals surface area contributed by atoms with Crippen molar-refractivity contribution in [1.29, 1.82) is 0 Å². The number of thiazole rings is 1. The zero-order valence-electron chi connectivity index (χ0n) is 14.4. The minimum Gasteiger partial charge on any atom is -0.465 e. The standard InChI is InChI=1S/C18H22N2O3S/c1-18(2,3)13-8-5-12(6-9-13)7-10-15(21)20-17-19-11-14(24-17)16(22)23-4/h5-6,8-9,11H,7,10H2,1-4H3,(H,19,20,21). The molecular weight excluding hydrogens is 324 g/mol. The van der Waals surface area contributed by atoms with Crippen LogP contribution in [0.1, 0.15) is 48.0 Å². The van der Waals surface area contributed by atoms with Crippen molar-refractivity contribution in [3.63, 3.8) is 0 Å². The Morgan fingerprint density at radius 1 is 1.21 bits per heavy atom. The number of esters is 1. The third kappa shape index (κ3) is 4.89. The van der Waals surface area contributed by atoms with Gasteiger partial charge in [0.2, 0.25) is 5.91 Å². The van der Waals surface area contributed by atoms with Gasteiger partial charge in [-0.25, -0.2) is 9.78 Å². The molecule has 0 spiro atoms. The summed E-state index contributed by atoms with van der Waals surface area (Å²) in [5.41, 5.74) is 2.51. The lowest BCUT2D eigenvalue weighted by atomic mass is 9.86. The molecule has 1 aromatic carbocycles. The zero-order valence-corrected chi connectivity index (χ0v) is 15.2. The van der Waals surface area contributed by atoms with Gasteiger partial charge in [0.15, 0.2) is 5.13 Å². The van der Waals surface area contributed by atoms with Crippen molar-refractivity contribution in [1.82, 2.24) is 4.98 Å². The number of benzene rings is 1. The van der Waals surface area contributed by atoms with Crippen molar-refractivity contribution >= 4 is 28.3 Å². The molecule has 0 bridgehead atoms. The molecule has 1 N–H and O–H groups in total. The van der Waals surface area contributed by atoms with E-state index in [0.29, 0.717) is 22.9 Å². The van der Waals surface area contributed by atoms with Gasteiger partial charge in [0, 0.05) is 6.42 Å². The van der Waals surface area contributed by atoms with E-state index in [0.717, 1.165) is 16.9 Å². The normalized spacial score (nSPS) is 11.2. The average molecular weight is 346 g/mol. The molecule has 0 radical (unpaired) electrons. The molecule has 2 aromatic rings. The van der Waals surface area contributed by atoms with Crippen LogP contribution in [0.25, 0.3) is 0 Å². The maximum absolute atomic E-state index is 12.0. The van der Waals surface area contributed by atoms with Crippen LogP contribution in [0.4, 0.5) is 5.13 Å². The summed E-state index contributed by atoms with van der Waals surface area (Å²) in [6.07, 6.45) is 2.42. The van der Waals surface area contributed by atoms with E-state index in [1.54, 1.807) is 0 Å². The zero-order chi connectivity index (χ0) is 17.7. The smallest absolute Gasteiger partial charge is 0.349 e. The summed E-state index contributed by atoms with van der Waals surface area (Å²) in [5, 5.41) is 3.11. The SMILES string of the molecule is COC(=O)c1cnc(NC(=O)CCc2ccc(C(C)(C)C)cc2)s1. The Hall–Kier alpha value is -2.21. The maximum atomic E-state index is 12.0. The highest BCUT2D eigenvalue weighted by Gasteiger charge is 2.14. The maximum Gasteiger partial charge on any atom is 0.349 e. The largest absolute Gasteiger partial charge is 0.465 e. The van der Waals surface area contributed by atoms with E-state index >= 15 is 0 Å². The van der Waals surface area contributed by atoms with Gasteiger partial charge in [-0.3, -0.25) is 4.79 Å². The number of carbonyl (C=O) groups is 2. The van der Waals surface area contributed by atoms with Gasteiger partial charge in [-0.15, -0.1) is 0 Å². The highest BCUT2D eigenvalue weighted by atomic mass is 32.1. The van der Waals surface area contributed by atoms with Gasteiger partial charge in [0.05, 0.1) is 13.3 Å². The van der Waals surface area contributed by atoms with Crippen LogP contribution in [0.3, 0.4) is 0 Å². The highest BCUT2D eigenvalue weighted by Crippen LogP contribution is 2.23. The lowest BCUT2D eigenvalue weighted by Crippen LogP contribution is -2.13. The number of aromatic nitrogens is 1. The molecule has 2 rings (SSSR count). The van der Waals surface area contributed by atoms with Crippen molar-refractivity contribution in [2.24, 2.45) is 0 Å². The molecule has 1 aromatic heterocycles. The van der Waals surface area contributed by atoms with Gasteiger partial charge in [0.25, 0.3) is 0 Å². The molecule has 0 saturated heterocycles. The number of methoxy groups -OCH3 is 1. The van der Waals surface area contributed by atoms with Gasteiger partial charge >= 0.3 is 5.97 Å². The van der Waals surface area contributed by atoms with Crippen molar-refractivity contribution in [3.8, 4) is 0 Å². The summed E-state index contributed by atoms with van der Waals surface area (Å²) in [4.78, 5) is 27.7. The first kappa shape index (κ1) is 18.1. The van der Waals surface area contributed by atoms with E-state index in [4.69, 9.17) is 0 Å². The second kappa shape index (κ2) is 7.57. The minimum atomic E-state index is -0.452. The fourth-order valence-electron chi connectivity index (χ4n) is 2.14. The molecule has 0 fully saturated rings. The van der Waals surface area contributed by atoms with Crippen LogP contribution in [0, 0.1) is 0 Å². The van der Waals surface area contributed by atoms with Gasteiger partial charge < -0.3 is 10.1 Å². The van der Waals surface area contributed by atoms with Crippen LogP contribution < -0.4 is 5.32 Å². The van der Waals surface area contributed by atoms with Crippen molar-refractivity contribution < 1.29 is 14.3 Å². The van der Waals surface area contributed by atoms with Gasteiger partial charge in [-0.1, -0.05) is 56.4 Å². The predicted octanol–water partition coefficient (Wildman–Crippen LogP) is 3.80. The van der Waals surface area contributed by atoms with Crippen LogP contribution in [-0.2, 0) is 21.4 Å². The Morgan fingerprint density at radius 2 is 1.88 bits per heavy atom. The fourth-order valence-corrected chi connectivity index (χ4v) is 2.89. The Morgan fingerprint density at radius 3 is 2.46 bits per heavy atom. The molecular formula is C18H22N2O3S. The molecule has 1 heterocycles. The molecule has 5 nitrogen and oxygen atoms in total. The number of nitrogens with one attached hydrogen (secondary N) is 1. The monoisotopic (exact) mass is 346 g/mol. The Labute approximate surface area is 146 Å². The minimum absolute atomic E-state index is 0.123. The van der Waals surface area contributed by atoms with Crippen LogP contribution >= 0.6 is 11.3 Å². The summed E-state index contributed by atoms with van der Waals surface area (Å²) in [6, 6.07) is 8.34. The number of rotatable bonds is 5. The number of amides is 1. The molecule has 0 atom stereocenters. The molecule has 6 heteroatoms. The molecule has 24 heavy (non-hydrogen) atoms. The number of carbonyl (C=O) groups excluding carboxylic acids is 2. The van der Waals surface area contributed by atoms with Crippen LogP contribution in [0.15, 0.2) is 30.5 Å². The number of nitrogens with zero attached hydrogens (tertiary/aromatic N) is 1.